The summed E-state index contributed by atoms with van der Waals surface area (Å²) in [4.78, 5) is 6.42. The van der Waals surface area contributed by atoms with Gasteiger partial charge in [0.1, 0.15) is 11.6 Å². The number of nitrogens with zero attached hydrogens (tertiary/aromatic N) is 2. The van der Waals surface area contributed by atoms with Crippen LogP contribution in [0.4, 0.5) is 4.39 Å². The highest BCUT2D eigenvalue weighted by Gasteiger charge is 2.03. The quantitative estimate of drug-likeness (QED) is 0.342. The maximum Gasteiger partial charge on any atom is 0.191 e. The molecule has 148 valence electrons. The number of methoxy groups -OCH3 is 1. The molecule has 27 heavy (non-hydrogen) atoms. The van der Waals surface area contributed by atoms with Crippen molar-refractivity contribution < 1.29 is 9.13 Å². The van der Waals surface area contributed by atoms with Gasteiger partial charge in [0.05, 0.1) is 7.11 Å². The fourth-order valence-corrected chi connectivity index (χ4v) is 2.53. The minimum absolute atomic E-state index is 0. The second-order valence-corrected chi connectivity index (χ2v) is 6.07. The summed E-state index contributed by atoms with van der Waals surface area (Å²) < 4.78 is 18.2. The van der Waals surface area contributed by atoms with Crippen molar-refractivity contribution in [1.82, 2.24) is 15.5 Å². The third-order valence-electron chi connectivity index (χ3n) is 3.97. The number of nitrogens with one attached hydrogen (secondary N) is 2. The predicted molar refractivity (Wildman–Crippen MR) is 119 cm³/mol. The van der Waals surface area contributed by atoms with Crippen molar-refractivity contribution in [3.05, 3.63) is 65.5 Å². The maximum atomic E-state index is 12.9. The molecule has 0 aliphatic carbocycles. The molecular formula is C20H28FIN4O. The van der Waals surface area contributed by atoms with Gasteiger partial charge in [-0.25, -0.2) is 4.39 Å². The molecule has 0 aliphatic rings. The van der Waals surface area contributed by atoms with Crippen LogP contribution in [0.2, 0.25) is 0 Å². The molecule has 2 aromatic rings. The monoisotopic (exact) mass is 486 g/mol. The van der Waals surface area contributed by atoms with E-state index in [1.807, 2.05) is 43.4 Å². The van der Waals surface area contributed by atoms with Crippen molar-refractivity contribution in [3.8, 4) is 5.75 Å². The smallest absolute Gasteiger partial charge is 0.191 e. The molecule has 0 heterocycles. The molecule has 5 nitrogen and oxygen atoms in total. The highest BCUT2D eigenvalue weighted by Crippen LogP contribution is 2.12. The summed E-state index contributed by atoms with van der Waals surface area (Å²) in [6.45, 7) is 3.05. The van der Waals surface area contributed by atoms with E-state index in [9.17, 15) is 4.39 Å². The molecule has 0 radical (unpaired) electrons. The van der Waals surface area contributed by atoms with E-state index in [1.54, 1.807) is 14.2 Å². The zero-order chi connectivity index (χ0) is 18.8. The second kappa shape index (κ2) is 12.5. The number of guanidine groups is 1. The highest BCUT2D eigenvalue weighted by atomic mass is 127. The van der Waals surface area contributed by atoms with Crippen LogP contribution < -0.4 is 15.4 Å². The largest absolute Gasteiger partial charge is 0.497 e. The van der Waals surface area contributed by atoms with E-state index in [1.165, 1.54) is 12.1 Å². The van der Waals surface area contributed by atoms with Crippen LogP contribution in [0.25, 0.3) is 0 Å². The van der Waals surface area contributed by atoms with E-state index < -0.39 is 0 Å². The van der Waals surface area contributed by atoms with Crippen molar-refractivity contribution in [2.24, 2.45) is 4.99 Å². The maximum absolute atomic E-state index is 12.9. The molecule has 0 saturated carbocycles. The first-order chi connectivity index (χ1) is 12.6. The molecular weight excluding hydrogens is 458 g/mol. The summed E-state index contributed by atoms with van der Waals surface area (Å²) in [7, 11) is 5.45. The lowest BCUT2D eigenvalue weighted by Gasteiger charge is -2.18. The Kier molecular flexibility index (Phi) is 10.7. The molecule has 7 heteroatoms. The standard InChI is InChI=1S/C20H27FN4O.HI/c1-22-20(24-14-17-5-4-6-19(13-17)26-3)23-11-12-25(2)15-16-7-9-18(21)10-8-16;/h4-10,13H,11-12,14-15H2,1-3H3,(H2,22,23,24);1H. The molecule has 0 bridgehead atoms. The van der Waals surface area contributed by atoms with Crippen molar-refractivity contribution in [3.63, 3.8) is 0 Å². The van der Waals surface area contributed by atoms with Crippen LogP contribution in [0.1, 0.15) is 11.1 Å². The second-order valence-electron chi connectivity index (χ2n) is 6.07. The molecule has 0 saturated heterocycles. The highest BCUT2D eigenvalue weighted by molar-refractivity contribution is 14.0. The Labute approximate surface area is 178 Å². The third-order valence-corrected chi connectivity index (χ3v) is 3.97. The normalized spacial score (nSPS) is 11.1. The van der Waals surface area contributed by atoms with Gasteiger partial charge in [0, 0.05) is 33.2 Å². The first-order valence-corrected chi connectivity index (χ1v) is 8.61. The number of ether oxygens (including phenoxy) is 1. The first kappa shape index (κ1) is 23.2. The van der Waals surface area contributed by atoms with Crippen molar-refractivity contribution in [2.45, 2.75) is 13.1 Å². The Hall–Kier alpha value is -1.87. The number of likely N-dealkylation sites (N-methyl/N-ethyl adjacent to an activating group) is 1. The summed E-state index contributed by atoms with van der Waals surface area (Å²) in [6.07, 6.45) is 0. The summed E-state index contributed by atoms with van der Waals surface area (Å²) in [6, 6.07) is 14.5. The van der Waals surface area contributed by atoms with Gasteiger partial charge in [-0.2, -0.15) is 0 Å². The van der Waals surface area contributed by atoms with Gasteiger partial charge >= 0.3 is 0 Å². The lowest BCUT2D eigenvalue weighted by molar-refractivity contribution is 0.331. The molecule has 0 spiro atoms. The summed E-state index contributed by atoms with van der Waals surface area (Å²) in [5.74, 6) is 1.39. The minimum atomic E-state index is -0.205. The first-order valence-electron chi connectivity index (χ1n) is 8.61. The zero-order valence-electron chi connectivity index (χ0n) is 16.0. The molecule has 2 N–H and O–H groups in total. The summed E-state index contributed by atoms with van der Waals surface area (Å²) in [5.41, 5.74) is 2.22. The van der Waals surface area contributed by atoms with Crippen molar-refractivity contribution in [2.75, 3.05) is 34.3 Å². The van der Waals surface area contributed by atoms with Gasteiger partial charge in [0.2, 0.25) is 0 Å². The van der Waals surface area contributed by atoms with Gasteiger partial charge in [-0.3, -0.25) is 4.99 Å². The van der Waals surface area contributed by atoms with Crippen LogP contribution in [-0.2, 0) is 13.1 Å². The molecule has 0 atom stereocenters. The number of hydrogen-bond acceptors (Lipinski definition) is 3. The summed E-state index contributed by atoms with van der Waals surface area (Å²) in [5, 5.41) is 6.59. The molecule has 0 aliphatic heterocycles. The van der Waals surface area contributed by atoms with E-state index in [4.69, 9.17) is 4.74 Å². The lowest BCUT2D eigenvalue weighted by atomic mass is 10.2. The molecule has 0 aromatic heterocycles. The predicted octanol–water partition coefficient (Wildman–Crippen LogP) is 3.25. The van der Waals surface area contributed by atoms with Crippen molar-refractivity contribution >= 4 is 29.9 Å². The number of benzene rings is 2. The van der Waals surface area contributed by atoms with Gasteiger partial charge in [0.25, 0.3) is 0 Å². The van der Waals surface area contributed by atoms with Gasteiger partial charge in [-0.05, 0) is 42.4 Å². The average Bonchev–Trinajstić information content (AvgIpc) is 2.66. The van der Waals surface area contributed by atoms with E-state index in [0.29, 0.717) is 6.54 Å². The Bertz CT molecular complexity index is 709. The van der Waals surface area contributed by atoms with Crippen LogP contribution >= 0.6 is 24.0 Å². The molecule has 0 unspecified atom stereocenters. The topological polar surface area (TPSA) is 48.9 Å². The number of halogens is 2. The Balaban J connectivity index is 0.00000364. The molecule has 0 fully saturated rings. The average molecular weight is 486 g/mol. The zero-order valence-corrected chi connectivity index (χ0v) is 18.4. The van der Waals surface area contributed by atoms with Crippen LogP contribution in [0.15, 0.2) is 53.5 Å². The van der Waals surface area contributed by atoms with E-state index >= 15 is 0 Å². The number of rotatable bonds is 8. The third kappa shape index (κ3) is 8.57. The van der Waals surface area contributed by atoms with Gasteiger partial charge in [-0.1, -0.05) is 24.3 Å². The Morgan fingerprint density at radius 1 is 1.11 bits per heavy atom. The Morgan fingerprint density at radius 2 is 1.85 bits per heavy atom. The van der Waals surface area contributed by atoms with Gasteiger partial charge in [0.15, 0.2) is 5.96 Å². The van der Waals surface area contributed by atoms with E-state index in [2.05, 4.69) is 20.5 Å². The molecule has 0 amide bonds. The lowest BCUT2D eigenvalue weighted by Crippen LogP contribution is -2.40. The summed E-state index contributed by atoms with van der Waals surface area (Å²) >= 11 is 0. The molecule has 2 rings (SSSR count). The van der Waals surface area contributed by atoms with E-state index in [0.717, 1.165) is 42.5 Å². The van der Waals surface area contributed by atoms with Crippen LogP contribution in [0.5, 0.6) is 5.75 Å². The van der Waals surface area contributed by atoms with Crippen LogP contribution in [-0.4, -0.2) is 45.2 Å². The van der Waals surface area contributed by atoms with E-state index in [-0.39, 0.29) is 29.8 Å². The fourth-order valence-electron chi connectivity index (χ4n) is 2.53. The van der Waals surface area contributed by atoms with Crippen LogP contribution in [0.3, 0.4) is 0 Å². The SMILES string of the molecule is CN=C(NCCN(C)Cc1ccc(F)cc1)NCc1cccc(OC)c1.I. The minimum Gasteiger partial charge on any atom is -0.497 e. The number of hydrogen-bond donors (Lipinski definition) is 2. The molecule has 2 aromatic carbocycles. The Morgan fingerprint density at radius 3 is 2.52 bits per heavy atom. The van der Waals surface area contributed by atoms with Crippen LogP contribution in [0, 0.1) is 5.82 Å². The van der Waals surface area contributed by atoms with Crippen molar-refractivity contribution in [1.29, 1.82) is 0 Å². The van der Waals surface area contributed by atoms with Gasteiger partial charge in [-0.15, -0.1) is 24.0 Å². The van der Waals surface area contributed by atoms with Gasteiger partial charge < -0.3 is 20.3 Å². The number of aliphatic imine (C=N–C) groups is 1. The fraction of sp³-hybridized carbons (Fsp3) is 0.350.